The Balaban J connectivity index is 1.49. The summed E-state index contributed by atoms with van der Waals surface area (Å²) in [4.78, 5) is 48.6. The lowest BCUT2D eigenvalue weighted by molar-refractivity contribution is -0.160. The van der Waals surface area contributed by atoms with Crippen LogP contribution in [0.3, 0.4) is 0 Å². The van der Waals surface area contributed by atoms with Crippen LogP contribution in [0.5, 0.6) is 0 Å². The van der Waals surface area contributed by atoms with Gasteiger partial charge in [-0.1, -0.05) is 12.1 Å². The largest absolute Gasteiger partial charge is 0.481 e. The molecule has 2 unspecified atom stereocenters. The first kappa shape index (κ1) is 27.6. The fourth-order valence-corrected chi connectivity index (χ4v) is 4.88. The molecule has 0 saturated carbocycles. The zero-order chi connectivity index (χ0) is 28.4. The van der Waals surface area contributed by atoms with Crippen molar-refractivity contribution in [1.82, 2.24) is 0 Å². The molecule has 0 radical (unpaired) electrons. The van der Waals surface area contributed by atoms with Crippen molar-refractivity contribution in [2.24, 2.45) is 0 Å². The second-order valence-electron chi connectivity index (χ2n) is 9.92. The number of fused-ring (bicyclic) bond motifs is 2. The number of carbonyl (C=O) groups excluding carboxylic acids is 2. The molecule has 2 aromatic carbocycles. The minimum absolute atomic E-state index is 0.331. The summed E-state index contributed by atoms with van der Waals surface area (Å²) in [6, 6.07) is 10.4. The number of carboxylic acids is 2. The molecule has 9 nitrogen and oxygen atoms in total. The molecule has 4 aromatic rings. The van der Waals surface area contributed by atoms with Crippen molar-refractivity contribution in [2.45, 2.75) is 65.2 Å². The smallest absolute Gasteiger partial charge is 0.314 e. The van der Waals surface area contributed by atoms with Crippen molar-refractivity contribution in [2.75, 3.05) is 0 Å². The van der Waals surface area contributed by atoms with E-state index in [1.807, 2.05) is 27.7 Å². The molecule has 39 heavy (non-hydrogen) atoms. The molecule has 0 fully saturated rings. The van der Waals surface area contributed by atoms with Gasteiger partial charge >= 0.3 is 23.9 Å². The van der Waals surface area contributed by atoms with Gasteiger partial charge in [0.2, 0.25) is 0 Å². The van der Waals surface area contributed by atoms with Gasteiger partial charge in [0.05, 0.1) is 25.7 Å². The number of aliphatic carboxylic acids is 2. The van der Waals surface area contributed by atoms with Crippen LogP contribution in [0.25, 0.3) is 21.9 Å². The van der Waals surface area contributed by atoms with E-state index in [9.17, 15) is 29.4 Å². The molecule has 0 spiro atoms. The van der Waals surface area contributed by atoms with Gasteiger partial charge in [-0.3, -0.25) is 19.2 Å². The number of benzene rings is 2. The van der Waals surface area contributed by atoms with Gasteiger partial charge in [-0.15, -0.1) is 0 Å². The number of hydrogen-bond acceptors (Lipinski definition) is 7. The number of esters is 2. The van der Waals surface area contributed by atoms with Gasteiger partial charge in [-0.25, -0.2) is 0 Å². The van der Waals surface area contributed by atoms with E-state index >= 15 is 0 Å². The highest BCUT2D eigenvalue weighted by Crippen LogP contribution is 2.33. The van der Waals surface area contributed by atoms with E-state index in [1.165, 1.54) is 0 Å². The fraction of sp³-hybridized carbons (Fsp3) is 0.333. The molecule has 0 amide bonds. The van der Waals surface area contributed by atoms with E-state index < -0.39 is 35.7 Å². The quantitative estimate of drug-likeness (QED) is 0.183. The third kappa shape index (κ3) is 6.19. The van der Waals surface area contributed by atoms with Crippen LogP contribution in [0, 0.1) is 27.7 Å². The summed E-state index contributed by atoms with van der Waals surface area (Å²) in [6.07, 6.45) is -1.34. The van der Waals surface area contributed by atoms with Crippen molar-refractivity contribution >= 4 is 45.8 Å². The van der Waals surface area contributed by atoms with Crippen LogP contribution in [0.2, 0.25) is 0 Å². The summed E-state index contributed by atoms with van der Waals surface area (Å²) in [6.45, 7) is 7.45. The fourth-order valence-electron chi connectivity index (χ4n) is 4.88. The SMILES string of the molecule is Cc1oc2ccc(C(CC(=O)O)CC(=O)OC(=O)CC(CC(=O)O)c3ccc4oc(C)c(C)c4c3)cc2c1C. The number of rotatable bonds is 10. The third-order valence-corrected chi connectivity index (χ3v) is 7.24. The molecule has 0 bridgehead atoms. The summed E-state index contributed by atoms with van der Waals surface area (Å²) < 4.78 is 16.4. The molecule has 0 aliphatic carbocycles. The number of carbonyl (C=O) groups is 4. The predicted molar refractivity (Wildman–Crippen MR) is 142 cm³/mol. The number of aryl methyl sites for hydroxylation is 4. The van der Waals surface area contributed by atoms with E-state index in [0.29, 0.717) is 22.3 Å². The third-order valence-electron chi connectivity index (χ3n) is 7.24. The number of furan rings is 2. The number of carboxylic acid groups (broad SMARTS) is 2. The zero-order valence-corrected chi connectivity index (χ0v) is 22.2. The maximum absolute atomic E-state index is 12.7. The summed E-state index contributed by atoms with van der Waals surface area (Å²) in [5.41, 5.74) is 4.37. The molecule has 204 valence electrons. The molecule has 4 rings (SSSR count). The first-order valence-corrected chi connectivity index (χ1v) is 12.6. The molecular weight excluding hydrogens is 504 g/mol. The van der Waals surface area contributed by atoms with Crippen LogP contribution in [-0.4, -0.2) is 34.1 Å². The van der Waals surface area contributed by atoms with Gasteiger partial charge in [0.15, 0.2) is 0 Å². The summed E-state index contributed by atoms with van der Waals surface area (Å²) >= 11 is 0. The van der Waals surface area contributed by atoms with Gasteiger partial charge < -0.3 is 23.8 Å². The Morgan fingerprint density at radius 3 is 1.41 bits per heavy atom. The van der Waals surface area contributed by atoms with Crippen molar-refractivity contribution in [3.05, 3.63) is 70.2 Å². The van der Waals surface area contributed by atoms with E-state index in [0.717, 1.165) is 33.4 Å². The molecule has 0 saturated heterocycles. The zero-order valence-electron chi connectivity index (χ0n) is 22.2. The summed E-state index contributed by atoms with van der Waals surface area (Å²) in [7, 11) is 0. The molecular formula is C30H30O9. The molecule has 0 aliphatic heterocycles. The van der Waals surface area contributed by atoms with Gasteiger partial charge in [0.25, 0.3) is 0 Å². The standard InChI is InChI=1S/C30H30O9/c1-15-17(3)37-25-7-5-19(9-23(15)25)21(11-27(31)32)13-29(35)39-30(36)14-22(12-28(33)34)20-6-8-26-24(10-20)16(2)18(4)38-26/h5-10,21-22H,11-14H2,1-4H3,(H,31,32)(H,33,34). The Hall–Kier alpha value is -4.40. The highest BCUT2D eigenvalue weighted by molar-refractivity contribution is 5.88. The first-order chi connectivity index (χ1) is 18.4. The van der Waals surface area contributed by atoms with Crippen molar-refractivity contribution in [3.8, 4) is 0 Å². The molecule has 2 N–H and O–H groups in total. The average Bonchev–Trinajstić information content (AvgIpc) is 3.30. The Morgan fingerprint density at radius 2 is 1.05 bits per heavy atom. The van der Waals surface area contributed by atoms with Crippen LogP contribution in [0.15, 0.2) is 45.2 Å². The Morgan fingerprint density at radius 1 is 0.667 bits per heavy atom. The topological polar surface area (TPSA) is 144 Å². The minimum atomic E-state index is -1.10. The lowest BCUT2D eigenvalue weighted by Gasteiger charge is -2.17. The van der Waals surface area contributed by atoms with E-state index in [1.54, 1.807) is 36.4 Å². The Kier molecular flexibility index (Phi) is 7.90. The lowest BCUT2D eigenvalue weighted by atomic mass is 9.91. The second kappa shape index (κ2) is 11.1. The monoisotopic (exact) mass is 534 g/mol. The molecule has 2 atom stereocenters. The normalized spacial score (nSPS) is 12.9. The predicted octanol–water partition coefficient (Wildman–Crippen LogP) is 6.08. The van der Waals surface area contributed by atoms with E-state index in [4.69, 9.17) is 13.6 Å². The maximum Gasteiger partial charge on any atom is 0.314 e. The molecule has 9 heteroatoms. The highest BCUT2D eigenvalue weighted by Gasteiger charge is 2.26. The van der Waals surface area contributed by atoms with Crippen molar-refractivity contribution in [1.29, 1.82) is 0 Å². The molecule has 2 heterocycles. The maximum atomic E-state index is 12.7. The van der Waals surface area contributed by atoms with Gasteiger partial charge in [0.1, 0.15) is 22.7 Å². The van der Waals surface area contributed by atoms with Crippen LogP contribution >= 0.6 is 0 Å². The molecule has 0 aliphatic rings. The lowest BCUT2D eigenvalue weighted by Crippen LogP contribution is -2.19. The van der Waals surface area contributed by atoms with Gasteiger partial charge in [0, 0.05) is 22.6 Å². The van der Waals surface area contributed by atoms with E-state index in [-0.39, 0.29) is 25.7 Å². The second-order valence-corrected chi connectivity index (χ2v) is 9.92. The van der Waals surface area contributed by atoms with Crippen molar-refractivity contribution < 1.29 is 43.0 Å². The average molecular weight is 535 g/mol. The molecule has 2 aromatic heterocycles. The Bertz CT molecular complexity index is 1470. The van der Waals surface area contributed by atoms with Crippen LogP contribution in [0.4, 0.5) is 0 Å². The highest BCUT2D eigenvalue weighted by atomic mass is 16.6. The number of hydrogen-bond donors (Lipinski definition) is 2. The van der Waals surface area contributed by atoms with Crippen molar-refractivity contribution in [3.63, 3.8) is 0 Å². The summed E-state index contributed by atoms with van der Waals surface area (Å²) in [5, 5.41) is 20.5. The van der Waals surface area contributed by atoms with Gasteiger partial charge in [-0.2, -0.15) is 0 Å². The first-order valence-electron chi connectivity index (χ1n) is 12.6. The Labute approximate surface area is 224 Å². The van der Waals surface area contributed by atoms with Crippen LogP contribution in [-0.2, 0) is 23.9 Å². The van der Waals surface area contributed by atoms with Gasteiger partial charge in [-0.05, 0) is 74.2 Å². The van der Waals surface area contributed by atoms with E-state index in [2.05, 4.69) is 0 Å². The van der Waals surface area contributed by atoms with Crippen LogP contribution in [0.1, 0.15) is 71.3 Å². The number of ether oxygens (including phenoxy) is 1. The summed E-state index contributed by atoms with van der Waals surface area (Å²) in [5.74, 6) is -3.92. The minimum Gasteiger partial charge on any atom is -0.481 e. The van der Waals surface area contributed by atoms with Crippen LogP contribution < -0.4 is 0 Å².